The average Bonchev–Trinajstić information content (AvgIpc) is 2.19. The van der Waals surface area contributed by atoms with Gasteiger partial charge in [-0.05, 0) is 18.2 Å². The molecule has 84 valence electrons. The number of hydrogen-bond acceptors (Lipinski definition) is 2. The lowest BCUT2D eigenvalue weighted by atomic mass is 10.2. The van der Waals surface area contributed by atoms with Crippen LogP contribution in [0.15, 0.2) is 18.2 Å². The summed E-state index contributed by atoms with van der Waals surface area (Å²) in [6, 6.07) is 5.25. The zero-order valence-electron chi connectivity index (χ0n) is 7.60. The molecule has 1 aromatic rings. The summed E-state index contributed by atoms with van der Waals surface area (Å²) in [7, 11) is 0. The fourth-order valence-corrected chi connectivity index (χ4v) is 1.02. The molecule has 0 fully saturated rings. The minimum atomic E-state index is -2.17. The summed E-state index contributed by atoms with van der Waals surface area (Å²) >= 11 is 15.9. The van der Waals surface area contributed by atoms with E-state index in [0.717, 1.165) is 6.07 Å². The Hall–Kier alpha value is -1.02. The van der Waals surface area contributed by atoms with Crippen LogP contribution in [0.1, 0.15) is 5.56 Å². The normalized spacial score (nSPS) is 10.7. The van der Waals surface area contributed by atoms with Crippen molar-refractivity contribution in [2.24, 2.45) is 0 Å². The van der Waals surface area contributed by atoms with Crippen molar-refractivity contribution in [3.63, 3.8) is 0 Å². The van der Waals surface area contributed by atoms with E-state index in [0.29, 0.717) is 0 Å². The number of carbonyl (C=O) groups is 1. The maximum absolute atomic E-state index is 13.3. The van der Waals surface area contributed by atoms with E-state index in [4.69, 9.17) is 40.1 Å². The number of halogens is 4. The van der Waals surface area contributed by atoms with Crippen molar-refractivity contribution < 1.29 is 9.18 Å². The zero-order valence-corrected chi connectivity index (χ0v) is 9.87. The minimum Gasteiger partial charge on any atom is -0.320 e. The number of nitrogens with zero attached hydrogens (tertiary/aromatic N) is 1. The molecule has 0 heterocycles. The van der Waals surface area contributed by atoms with Crippen LogP contribution in [0.4, 0.5) is 10.1 Å². The summed E-state index contributed by atoms with van der Waals surface area (Å²) in [5, 5.41) is 10.6. The standard InChI is InChI=1S/C9H4Cl3FN2O/c10-9(11,12)8(16)15-7-2-1-5(4-14)3-6(7)13/h1-3H,(H,15,16). The smallest absolute Gasteiger partial charge is 0.276 e. The van der Waals surface area contributed by atoms with Gasteiger partial charge in [0.15, 0.2) is 0 Å². The van der Waals surface area contributed by atoms with Gasteiger partial charge in [-0.2, -0.15) is 5.26 Å². The first kappa shape index (κ1) is 13.0. The number of hydrogen-bond donors (Lipinski definition) is 1. The number of amides is 1. The molecule has 0 atom stereocenters. The monoisotopic (exact) mass is 280 g/mol. The van der Waals surface area contributed by atoms with Gasteiger partial charge in [0.2, 0.25) is 0 Å². The highest BCUT2D eigenvalue weighted by molar-refractivity contribution is 6.76. The molecule has 3 nitrogen and oxygen atoms in total. The van der Waals surface area contributed by atoms with Crippen LogP contribution < -0.4 is 5.32 Å². The molecule has 1 N–H and O–H groups in total. The lowest BCUT2D eigenvalue weighted by molar-refractivity contribution is -0.115. The Balaban J connectivity index is 2.92. The summed E-state index contributed by atoms with van der Waals surface area (Å²) in [5.41, 5.74) is -0.0280. The van der Waals surface area contributed by atoms with Crippen LogP contribution in [0.25, 0.3) is 0 Å². The third-order valence-electron chi connectivity index (χ3n) is 1.60. The van der Waals surface area contributed by atoms with Crippen molar-refractivity contribution in [3.05, 3.63) is 29.6 Å². The second kappa shape index (κ2) is 4.88. The molecule has 0 radical (unpaired) electrons. The number of anilines is 1. The van der Waals surface area contributed by atoms with Gasteiger partial charge in [0.05, 0.1) is 17.3 Å². The van der Waals surface area contributed by atoms with Gasteiger partial charge in [0, 0.05) is 0 Å². The van der Waals surface area contributed by atoms with Crippen molar-refractivity contribution in [2.45, 2.75) is 3.79 Å². The van der Waals surface area contributed by atoms with Crippen LogP contribution in [0.2, 0.25) is 0 Å². The topological polar surface area (TPSA) is 52.9 Å². The SMILES string of the molecule is N#Cc1ccc(NC(=O)C(Cl)(Cl)Cl)c(F)c1. The number of carbonyl (C=O) groups excluding carboxylic acids is 1. The van der Waals surface area contributed by atoms with Gasteiger partial charge in [-0.15, -0.1) is 0 Å². The maximum atomic E-state index is 13.3. The fraction of sp³-hybridized carbons (Fsp3) is 0.111. The van der Waals surface area contributed by atoms with Crippen LogP contribution in [0.3, 0.4) is 0 Å². The van der Waals surface area contributed by atoms with Crippen LogP contribution in [-0.2, 0) is 4.79 Å². The molecule has 0 spiro atoms. The molecule has 0 aliphatic carbocycles. The van der Waals surface area contributed by atoms with Crippen LogP contribution in [0, 0.1) is 17.1 Å². The highest BCUT2D eigenvalue weighted by Crippen LogP contribution is 2.28. The van der Waals surface area contributed by atoms with Gasteiger partial charge in [0.1, 0.15) is 5.82 Å². The Morgan fingerprint density at radius 2 is 2.06 bits per heavy atom. The Morgan fingerprint density at radius 1 is 1.44 bits per heavy atom. The molecule has 1 rings (SSSR count). The van der Waals surface area contributed by atoms with E-state index in [1.165, 1.54) is 12.1 Å². The first-order valence-electron chi connectivity index (χ1n) is 3.92. The Morgan fingerprint density at radius 3 is 2.50 bits per heavy atom. The van der Waals surface area contributed by atoms with Crippen LogP contribution in [0.5, 0.6) is 0 Å². The fourth-order valence-electron chi connectivity index (χ4n) is 0.879. The molecule has 16 heavy (non-hydrogen) atoms. The van der Waals surface area contributed by atoms with Crippen LogP contribution in [-0.4, -0.2) is 9.70 Å². The van der Waals surface area contributed by atoms with Crippen molar-refractivity contribution in [3.8, 4) is 6.07 Å². The van der Waals surface area contributed by atoms with Crippen molar-refractivity contribution in [2.75, 3.05) is 5.32 Å². The van der Waals surface area contributed by atoms with E-state index in [1.54, 1.807) is 6.07 Å². The second-order valence-electron chi connectivity index (χ2n) is 2.76. The maximum Gasteiger partial charge on any atom is 0.276 e. The molecule has 0 saturated carbocycles. The molecule has 0 saturated heterocycles. The highest BCUT2D eigenvalue weighted by Gasteiger charge is 2.31. The van der Waals surface area contributed by atoms with Crippen molar-refractivity contribution in [1.82, 2.24) is 0 Å². The minimum absolute atomic E-state index is 0.129. The average molecular weight is 282 g/mol. The van der Waals surface area contributed by atoms with E-state index in [1.807, 2.05) is 0 Å². The van der Waals surface area contributed by atoms with E-state index in [9.17, 15) is 9.18 Å². The number of nitriles is 1. The van der Waals surface area contributed by atoms with Gasteiger partial charge in [-0.3, -0.25) is 4.79 Å². The second-order valence-corrected chi connectivity index (χ2v) is 5.04. The van der Waals surface area contributed by atoms with Crippen molar-refractivity contribution in [1.29, 1.82) is 5.26 Å². The first-order valence-corrected chi connectivity index (χ1v) is 5.06. The van der Waals surface area contributed by atoms with E-state index in [-0.39, 0.29) is 11.3 Å². The van der Waals surface area contributed by atoms with Gasteiger partial charge in [-0.1, -0.05) is 34.8 Å². The zero-order chi connectivity index (χ0) is 12.3. The first-order chi connectivity index (χ1) is 7.34. The third kappa shape index (κ3) is 3.24. The Kier molecular flexibility index (Phi) is 3.98. The molecule has 7 heteroatoms. The molecule has 0 aliphatic heterocycles. The Labute approximate surface area is 106 Å². The number of nitrogens with one attached hydrogen (secondary N) is 1. The quantitative estimate of drug-likeness (QED) is 0.805. The lowest BCUT2D eigenvalue weighted by Crippen LogP contribution is -2.27. The summed E-state index contributed by atoms with van der Waals surface area (Å²) < 4.78 is 11.1. The van der Waals surface area contributed by atoms with Gasteiger partial charge in [-0.25, -0.2) is 4.39 Å². The van der Waals surface area contributed by atoms with Gasteiger partial charge >= 0.3 is 0 Å². The predicted molar refractivity (Wildman–Crippen MR) is 60.0 cm³/mol. The van der Waals surface area contributed by atoms with Crippen molar-refractivity contribution >= 4 is 46.4 Å². The predicted octanol–water partition coefficient (Wildman–Crippen LogP) is 3.01. The summed E-state index contributed by atoms with van der Waals surface area (Å²) in [6.07, 6.45) is 0. The van der Waals surface area contributed by atoms with Gasteiger partial charge < -0.3 is 5.32 Å². The lowest BCUT2D eigenvalue weighted by Gasteiger charge is -2.11. The molecule has 1 amide bonds. The molecule has 1 aromatic carbocycles. The largest absolute Gasteiger partial charge is 0.320 e. The van der Waals surface area contributed by atoms with Crippen LogP contribution >= 0.6 is 34.8 Å². The molecule has 0 aromatic heterocycles. The molecular formula is C9H4Cl3FN2O. The number of benzene rings is 1. The molecular weight excluding hydrogens is 277 g/mol. The Bertz CT molecular complexity index is 465. The molecule has 0 aliphatic rings. The molecule has 0 unspecified atom stereocenters. The number of alkyl halides is 3. The number of rotatable bonds is 1. The van der Waals surface area contributed by atoms with Gasteiger partial charge in [0.25, 0.3) is 9.70 Å². The highest BCUT2D eigenvalue weighted by atomic mass is 35.6. The van der Waals surface area contributed by atoms with E-state index in [2.05, 4.69) is 5.32 Å². The third-order valence-corrected chi connectivity index (χ3v) is 2.12. The summed E-state index contributed by atoms with van der Waals surface area (Å²) in [4.78, 5) is 11.2. The molecule has 0 bridgehead atoms. The summed E-state index contributed by atoms with van der Waals surface area (Å²) in [6.45, 7) is 0. The van der Waals surface area contributed by atoms with E-state index < -0.39 is 15.5 Å². The van der Waals surface area contributed by atoms with E-state index >= 15 is 0 Å². The summed E-state index contributed by atoms with van der Waals surface area (Å²) in [5.74, 6) is -1.75.